The Hall–Kier alpha value is -2.68. The molecule has 0 fully saturated rings. The average molecular weight is 420 g/mol. The number of hydrogen-bond acceptors (Lipinski definition) is 4. The second-order valence-corrected chi connectivity index (χ2v) is 7.03. The number of amides is 1. The number of halogens is 1. The number of hydrogen-bond donors (Lipinski definition) is 1. The summed E-state index contributed by atoms with van der Waals surface area (Å²) in [6.45, 7) is 3.62. The van der Waals surface area contributed by atoms with Crippen molar-refractivity contribution in [2.45, 2.75) is 19.9 Å². The Morgan fingerprint density at radius 3 is 2.58 bits per heavy atom. The molecule has 0 aliphatic rings. The Balaban J connectivity index is 2.02. The van der Waals surface area contributed by atoms with Crippen LogP contribution in [0, 0.1) is 6.92 Å². The molecule has 1 amide bonds. The summed E-state index contributed by atoms with van der Waals surface area (Å²) in [6.07, 6.45) is 1.40. The van der Waals surface area contributed by atoms with Gasteiger partial charge in [-0.3, -0.25) is 18.7 Å². The number of aryl methyl sites for hydroxylation is 2. The molecule has 136 valence electrons. The van der Waals surface area contributed by atoms with E-state index in [0.29, 0.717) is 5.69 Å². The highest BCUT2D eigenvalue weighted by Gasteiger charge is 2.22. The maximum absolute atomic E-state index is 12.7. The second-order valence-electron chi connectivity index (χ2n) is 6.18. The Kier molecular flexibility index (Phi) is 4.57. The highest BCUT2D eigenvalue weighted by molar-refractivity contribution is 9.10. The Morgan fingerprint density at radius 2 is 1.92 bits per heavy atom. The fraction of sp³-hybridized carbons (Fsp3) is 0.294. The summed E-state index contributed by atoms with van der Waals surface area (Å²) in [5.41, 5.74) is 1.20. The summed E-state index contributed by atoms with van der Waals surface area (Å²) in [7, 11) is 2.94. The molecule has 0 aliphatic carbocycles. The van der Waals surface area contributed by atoms with Crippen LogP contribution in [0.3, 0.4) is 0 Å². The van der Waals surface area contributed by atoms with E-state index in [1.807, 2.05) is 19.1 Å². The van der Waals surface area contributed by atoms with E-state index < -0.39 is 17.3 Å². The fourth-order valence-corrected chi connectivity index (χ4v) is 3.34. The van der Waals surface area contributed by atoms with E-state index in [2.05, 4.69) is 26.2 Å². The predicted octanol–water partition coefficient (Wildman–Crippen LogP) is 1.70. The Morgan fingerprint density at radius 1 is 1.23 bits per heavy atom. The number of anilines is 1. The van der Waals surface area contributed by atoms with Crippen LogP contribution in [-0.4, -0.2) is 24.6 Å². The number of benzene rings is 1. The maximum Gasteiger partial charge on any atom is 0.332 e. The van der Waals surface area contributed by atoms with Gasteiger partial charge in [0.25, 0.3) is 5.56 Å². The van der Waals surface area contributed by atoms with Gasteiger partial charge in [-0.05, 0) is 47.5 Å². The molecule has 9 heteroatoms. The number of fused-ring (bicyclic) bond motifs is 1. The smallest absolute Gasteiger partial charge is 0.323 e. The number of imidazole rings is 1. The fourth-order valence-electron chi connectivity index (χ4n) is 2.74. The van der Waals surface area contributed by atoms with E-state index >= 15 is 0 Å². The second kappa shape index (κ2) is 6.56. The predicted molar refractivity (Wildman–Crippen MR) is 102 cm³/mol. The zero-order valence-corrected chi connectivity index (χ0v) is 16.4. The summed E-state index contributed by atoms with van der Waals surface area (Å²) < 4.78 is 4.54. The zero-order chi connectivity index (χ0) is 19.2. The Labute approximate surface area is 157 Å². The lowest BCUT2D eigenvalue weighted by molar-refractivity contribution is -0.118. The SMILES string of the molecule is Cc1ccc(NC(=O)[C@@H](C)n2cnc3c2c(=O)n(C)c(=O)n3C)c(Br)c1. The highest BCUT2D eigenvalue weighted by atomic mass is 79.9. The largest absolute Gasteiger partial charge is 0.332 e. The molecule has 1 N–H and O–H groups in total. The van der Waals surface area contributed by atoms with Crippen LogP contribution in [0.1, 0.15) is 18.5 Å². The molecule has 2 aromatic heterocycles. The van der Waals surface area contributed by atoms with Crippen molar-refractivity contribution in [2.24, 2.45) is 14.1 Å². The first-order chi connectivity index (χ1) is 12.2. The molecule has 0 saturated carbocycles. The molecule has 3 aromatic rings. The normalized spacial score (nSPS) is 12.3. The zero-order valence-electron chi connectivity index (χ0n) is 14.8. The van der Waals surface area contributed by atoms with Crippen LogP contribution in [0.25, 0.3) is 11.2 Å². The minimum atomic E-state index is -0.696. The first-order valence-corrected chi connectivity index (χ1v) is 8.71. The molecule has 0 bridgehead atoms. The maximum atomic E-state index is 12.7. The lowest BCUT2D eigenvalue weighted by Crippen LogP contribution is -2.38. The van der Waals surface area contributed by atoms with Gasteiger partial charge in [-0.25, -0.2) is 9.78 Å². The minimum absolute atomic E-state index is 0.209. The van der Waals surface area contributed by atoms with Crippen molar-refractivity contribution in [2.75, 3.05) is 5.32 Å². The molecule has 0 unspecified atom stereocenters. The summed E-state index contributed by atoms with van der Waals surface area (Å²) in [5, 5.41) is 2.84. The van der Waals surface area contributed by atoms with Crippen LogP contribution in [0.2, 0.25) is 0 Å². The van der Waals surface area contributed by atoms with E-state index in [1.54, 1.807) is 13.0 Å². The number of nitrogens with one attached hydrogen (secondary N) is 1. The van der Waals surface area contributed by atoms with E-state index in [4.69, 9.17) is 0 Å². The van der Waals surface area contributed by atoms with Crippen LogP contribution in [0.5, 0.6) is 0 Å². The number of carbonyl (C=O) groups is 1. The first kappa shape index (κ1) is 18.1. The van der Waals surface area contributed by atoms with Crippen LogP contribution >= 0.6 is 15.9 Å². The van der Waals surface area contributed by atoms with Crippen molar-refractivity contribution in [1.29, 1.82) is 0 Å². The monoisotopic (exact) mass is 419 g/mol. The third-order valence-corrected chi connectivity index (χ3v) is 5.01. The van der Waals surface area contributed by atoms with E-state index in [1.165, 1.54) is 29.6 Å². The Bertz CT molecular complexity index is 1140. The van der Waals surface area contributed by atoms with Gasteiger partial charge in [-0.15, -0.1) is 0 Å². The molecule has 0 saturated heterocycles. The van der Waals surface area contributed by atoms with E-state index in [9.17, 15) is 14.4 Å². The summed E-state index contributed by atoms with van der Waals surface area (Å²) in [6, 6.07) is 4.90. The molecule has 2 heterocycles. The molecule has 8 nitrogen and oxygen atoms in total. The van der Waals surface area contributed by atoms with Gasteiger partial charge in [0.05, 0.1) is 12.0 Å². The average Bonchev–Trinajstić information content (AvgIpc) is 3.04. The number of carbonyl (C=O) groups excluding carboxylic acids is 1. The molecule has 26 heavy (non-hydrogen) atoms. The molecule has 1 atom stereocenters. The van der Waals surface area contributed by atoms with Crippen molar-refractivity contribution >= 4 is 38.7 Å². The minimum Gasteiger partial charge on any atom is -0.323 e. The van der Waals surface area contributed by atoms with Gasteiger partial charge in [0, 0.05) is 18.6 Å². The van der Waals surface area contributed by atoms with Crippen molar-refractivity contribution in [1.82, 2.24) is 18.7 Å². The lowest BCUT2D eigenvalue weighted by Gasteiger charge is -2.15. The molecule has 0 spiro atoms. The molecule has 3 rings (SSSR count). The van der Waals surface area contributed by atoms with Gasteiger partial charge in [0.1, 0.15) is 6.04 Å². The van der Waals surface area contributed by atoms with Crippen LogP contribution < -0.4 is 16.6 Å². The molecular formula is C17H18BrN5O3. The molecule has 1 aromatic carbocycles. The topological polar surface area (TPSA) is 90.9 Å². The van der Waals surface area contributed by atoms with Gasteiger partial charge < -0.3 is 9.88 Å². The van der Waals surface area contributed by atoms with Gasteiger partial charge in [-0.1, -0.05) is 6.07 Å². The summed E-state index contributed by atoms with van der Waals surface area (Å²) in [4.78, 5) is 41.4. The lowest BCUT2D eigenvalue weighted by atomic mass is 10.2. The van der Waals surface area contributed by atoms with E-state index in [-0.39, 0.29) is 17.1 Å². The van der Waals surface area contributed by atoms with Crippen molar-refractivity contribution in [3.8, 4) is 0 Å². The third-order valence-electron chi connectivity index (χ3n) is 4.35. The van der Waals surface area contributed by atoms with Crippen LogP contribution in [-0.2, 0) is 18.9 Å². The number of nitrogens with zero attached hydrogens (tertiary/aromatic N) is 4. The number of rotatable bonds is 3. The van der Waals surface area contributed by atoms with Gasteiger partial charge in [-0.2, -0.15) is 0 Å². The quantitative estimate of drug-likeness (QED) is 0.699. The third kappa shape index (κ3) is 2.88. The summed E-state index contributed by atoms with van der Waals surface area (Å²) >= 11 is 3.43. The standard InChI is InChI=1S/C17H18BrN5O3/c1-9-5-6-12(11(18)7-9)20-15(24)10(2)23-8-19-14-13(23)16(25)22(4)17(26)21(14)3/h5-8,10H,1-4H3,(H,20,24)/t10-/m1/s1. The van der Waals surface area contributed by atoms with Gasteiger partial charge in [0.15, 0.2) is 11.2 Å². The molecule has 0 aliphatic heterocycles. The number of aromatic nitrogens is 4. The van der Waals surface area contributed by atoms with Gasteiger partial charge in [0.2, 0.25) is 5.91 Å². The van der Waals surface area contributed by atoms with Gasteiger partial charge >= 0.3 is 5.69 Å². The summed E-state index contributed by atoms with van der Waals surface area (Å²) in [5.74, 6) is -0.301. The van der Waals surface area contributed by atoms with Crippen molar-refractivity contribution < 1.29 is 4.79 Å². The van der Waals surface area contributed by atoms with Crippen LogP contribution in [0.15, 0.2) is 38.6 Å². The molecule has 0 radical (unpaired) electrons. The van der Waals surface area contributed by atoms with E-state index in [0.717, 1.165) is 14.6 Å². The van der Waals surface area contributed by atoms with Crippen molar-refractivity contribution in [3.63, 3.8) is 0 Å². The van der Waals surface area contributed by atoms with Crippen molar-refractivity contribution in [3.05, 3.63) is 55.4 Å². The highest BCUT2D eigenvalue weighted by Crippen LogP contribution is 2.24. The molecular weight excluding hydrogens is 402 g/mol. The first-order valence-electron chi connectivity index (χ1n) is 7.92. The van der Waals surface area contributed by atoms with Crippen LogP contribution in [0.4, 0.5) is 5.69 Å².